The Labute approximate surface area is 110 Å². The molecule has 0 saturated carbocycles. The van der Waals surface area contributed by atoms with E-state index in [-0.39, 0.29) is 0 Å². The number of aromatic nitrogens is 4. The number of aromatic amines is 1. The van der Waals surface area contributed by atoms with Gasteiger partial charge >= 0.3 is 12.0 Å². The van der Waals surface area contributed by atoms with E-state index in [0.29, 0.717) is 12.2 Å². The molecule has 9 nitrogen and oxygen atoms in total. The van der Waals surface area contributed by atoms with Crippen molar-refractivity contribution in [2.24, 2.45) is 0 Å². The van der Waals surface area contributed by atoms with Crippen LogP contribution in [0.25, 0.3) is 0 Å². The summed E-state index contributed by atoms with van der Waals surface area (Å²) < 4.78 is 0. The molecule has 0 spiro atoms. The molecule has 2 unspecified atom stereocenters. The molecule has 0 aromatic carbocycles. The number of nitrogens with zero attached hydrogens (tertiary/aromatic N) is 3. The molecule has 1 heterocycles. The Morgan fingerprint density at radius 1 is 1.42 bits per heavy atom. The number of hydrogen-bond donors (Lipinski definition) is 4. The number of carboxylic acid groups (broad SMARTS) is 1. The first kappa shape index (κ1) is 14.9. The highest BCUT2D eigenvalue weighted by atomic mass is 16.4. The third-order valence-corrected chi connectivity index (χ3v) is 2.55. The maximum absolute atomic E-state index is 11.7. The van der Waals surface area contributed by atoms with Crippen molar-refractivity contribution in [1.29, 1.82) is 0 Å². The van der Waals surface area contributed by atoms with Gasteiger partial charge in [0.2, 0.25) is 0 Å². The van der Waals surface area contributed by atoms with Gasteiger partial charge in [0.25, 0.3) is 0 Å². The molecule has 0 aliphatic heterocycles. The maximum atomic E-state index is 11.7. The summed E-state index contributed by atoms with van der Waals surface area (Å²) in [5.41, 5.74) is 0. The quantitative estimate of drug-likeness (QED) is 0.559. The zero-order valence-electron chi connectivity index (χ0n) is 10.9. The molecule has 106 valence electrons. The second kappa shape index (κ2) is 7.29. The number of aliphatic carboxylic acids is 1. The van der Waals surface area contributed by atoms with Crippen molar-refractivity contribution in [3.05, 3.63) is 5.82 Å². The summed E-state index contributed by atoms with van der Waals surface area (Å²) >= 11 is 0. The number of carbonyl (C=O) groups is 2. The van der Waals surface area contributed by atoms with Gasteiger partial charge in [0.05, 0.1) is 6.04 Å². The van der Waals surface area contributed by atoms with E-state index in [9.17, 15) is 9.59 Å². The Hall–Kier alpha value is -2.19. The third kappa shape index (κ3) is 4.90. The summed E-state index contributed by atoms with van der Waals surface area (Å²) in [6, 6.07) is -1.92. The van der Waals surface area contributed by atoms with Crippen LogP contribution in [0.2, 0.25) is 0 Å². The highest BCUT2D eigenvalue weighted by Crippen LogP contribution is 2.04. The van der Waals surface area contributed by atoms with Crippen LogP contribution in [-0.2, 0) is 4.79 Å². The lowest BCUT2D eigenvalue weighted by molar-refractivity contribution is -0.139. The van der Waals surface area contributed by atoms with Gasteiger partial charge in [-0.1, -0.05) is 25.0 Å². The van der Waals surface area contributed by atoms with E-state index in [1.54, 1.807) is 6.92 Å². The SMILES string of the molecule is CCCCC(NC(=O)NC(C)c1nn[nH]n1)C(=O)O. The fourth-order valence-electron chi connectivity index (χ4n) is 1.48. The predicted octanol–water partition coefficient (Wildman–Crippen LogP) is 0.203. The highest BCUT2D eigenvalue weighted by molar-refractivity contribution is 5.82. The normalized spacial score (nSPS) is 13.6. The number of H-pyrrole nitrogens is 1. The third-order valence-electron chi connectivity index (χ3n) is 2.55. The standard InChI is InChI=1S/C10H18N6O3/c1-3-4-5-7(9(17)18)12-10(19)11-6(2)8-13-15-16-14-8/h6-7H,3-5H2,1-2H3,(H,17,18)(H2,11,12,19)(H,13,14,15,16). The van der Waals surface area contributed by atoms with E-state index in [0.717, 1.165) is 12.8 Å². The predicted molar refractivity (Wildman–Crippen MR) is 65.2 cm³/mol. The number of nitrogens with one attached hydrogen (secondary N) is 3. The average Bonchev–Trinajstić information content (AvgIpc) is 2.87. The number of carboxylic acids is 1. The van der Waals surface area contributed by atoms with Crippen molar-refractivity contribution in [2.45, 2.75) is 45.2 Å². The van der Waals surface area contributed by atoms with Crippen molar-refractivity contribution < 1.29 is 14.7 Å². The molecule has 2 amide bonds. The Morgan fingerprint density at radius 3 is 2.68 bits per heavy atom. The number of amides is 2. The number of rotatable bonds is 7. The van der Waals surface area contributed by atoms with Gasteiger partial charge in [-0.2, -0.15) is 5.21 Å². The van der Waals surface area contributed by atoms with E-state index in [2.05, 4.69) is 31.3 Å². The van der Waals surface area contributed by atoms with Crippen LogP contribution >= 0.6 is 0 Å². The molecular weight excluding hydrogens is 252 g/mol. The summed E-state index contributed by atoms with van der Waals surface area (Å²) in [5, 5.41) is 27.0. The van der Waals surface area contributed by atoms with Crippen molar-refractivity contribution in [2.75, 3.05) is 0 Å². The molecule has 0 radical (unpaired) electrons. The lowest BCUT2D eigenvalue weighted by Gasteiger charge is -2.16. The molecule has 1 rings (SSSR count). The van der Waals surface area contributed by atoms with Gasteiger partial charge < -0.3 is 15.7 Å². The molecule has 0 saturated heterocycles. The van der Waals surface area contributed by atoms with E-state index < -0.39 is 24.1 Å². The van der Waals surface area contributed by atoms with Crippen LogP contribution in [0.3, 0.4) is 0 Å². The summed E-state index contributed by atoms with van der Waals surface area (Å²) in [7, 11) is 0. The Kier molecular flexibility index (Phi) is 5.71. The van der Waals surface area contributed by atoms with Crippen LogP contribution in [-0.4, -0.2) is 43.8 Å². The number of unbranched alkanes of at least 4 members (excludes halogenated alkanes) is 1. The summed E-state index contributed by atoms with van der Waals surface area (Å²) in [6.45, 7) is 3.63. The first-order valence-electron chi connectivity index (χ1n) is 6.07. The minimum atomic E-state index is -1.05. The second-order valence-electron chi connectivity index (χ2n) is 4.14. The van der Waals surface area contributed by atoms with Gasteiger partial charge in [0, 0.05) is 0 Å². The fraction of sp³-hybridized carbons (Fsp3) is 0.700. The van der Waals surface area contributed by atoms with Gasteiger partial charge in [0.15, 0.2) is 5.82 Å². The molecule has 4 N–H and O–H groups in total. The van der Waals surface area contributed by atoms with Crippen LogP contribution < -0.4 is 10.6 Å². The molecule has 1 aromatic heterocycles. The summed E-state index contributed by atoms with van der Waals surface area (Å²) in [5.74, 6) is -0.716. The molecule has 19 heavy (non-hydrogen) atoms. The van der Waals surface area contributed by atoms with Gasteiger partial charge in [-0.15, -0.1) is 10.2 Å². The van der Waals surface area contributed by atoms with E-state index in [4.69, 9.17) is 5.11 Å². The average molecular weight is 270 g/mol. The van der Waals surface area contributed by atoms with Crippen LogP contribution in [0.5, 0.6) is 0 Å². The van der Waals surface area contributed by atoms with Crippen molar-refractivity contribution in [1.82, 2.24) is 31.3 Å². The summed E-state index contributed by atoms with van der Waals surface area (Å²) in [6.07, 6.45) is 2.00. The topological polar surface area (TPSA) is 133 Å². The number of tetrazole rings is 1. The zero-order valence-corrected chi connectivity index (χ0v) is 10.9. The lowest BCUT2D eigenvalue weighted by Crippen LogP contribution is -2.46. The largest absolute Gasteiger partial charge is 0.480 e. The molecule has 1 aromatic rings. The van der Waals surface area contributed by atoms with Crippen LogP contribution in [0.1, 0.15) is 45.0 Å². The van der Waals surface area contributed by atoms with Gasteiger partial charge in [-0.05, 0) is 13.3 Å². The van der Waals surface area contributed by atoms with Crippen molar-refractivity contribution in [3.8, 4) is 0 Å². The Morgan fingerprint density at radius 2 is 2.16 bits per heavy atom. The second-order valence-corrected chi connectivity index (χ2v) is 4.14. The van der Waals surface area contributed by atoms with Crippen molar-refractivity contribution in [3.63, 3.8) is 0 Å². The monoisotopic (exact) mass is 270 g/mol. The molecule has 0 fully saturated rings. The van der Waals surface area contributed by atoms with E-state index >= 15 is 0 Å². The van der Waals surface area contributed by atoms with Gasteiger partial charge in [-0.3, -0.25) is 0 Å². The molecule has 2 atom stereocenters. The number of hydrogen-bond acceptors (Lipinski definition) is 5. The molecule has 9 heteroatoms. The number of urea groups is 1. The molecule has 0 aliphatic carbocycles. The number of carbonyl (C=O) groups excluding carboxylic acids is 1. The van der Waals surface area contributed by atoms with Crippen LogP contribution in [0.15, 0.2) is 0 Å². The lowest BCUT2D eigenvalue weighted by atomic mass is 10.1. The Balaban J connectivity index is 2.46. The minimum absolute atomic E-state index is 0.329. The van der Waals surface area contributed by atoms with E-state index in [1.165, 1.54) is 0 Å². The molecule has 0 bridgehead atoms. The molecular formula is C10H18N6O3. The molecule has 0 aliphatic rings. The summed E-state index contributed by atoms with van der Waals surface area (Å²) in [4.78, 5) is 22.6. The first-order valence-corrected chi connectivity index (χ1v) is 6.07. The minimum Gasteiger partial charge on any atom is -0.480 e. The highest BCUT2D eigenvalue weighted by Gasteiger charge is 2.21. The van der Waals surface area contributed by atoms with Crippen LogP contribution in [0, 0.1) is 0 Å². The van der Waals surface area contributed by atoms with Crippen LogP contribution in [0.4, 0.5) is 4.79 Å². The smallest absolute Gasteiger partial charge is 0.326 e. The fourth-order valence-corrected chi connectivity index (χ4v) is 1.48. The zero-order chi connectivity index (χ0) is 14.3. The van der Waals surface area contributed by atoms with Crippen molar-refractivity contribution >= 4 is 12.0 Å². The first-order chi connectivity index (χ1) is 9.04. The van der Waals surface area contributed by atoms with E-state index in [1.807, 2.05) is 6.92 Å². The Bertz CT molecular complexity index is 407. The maximum Gasteiger partial charge on any atom is 0.326 e. The van der Waals surface area contributed by atoms with Gasteiger partial charge in [-0.25, -0.2) is 9.59 Å². The van der Waals surface area contributed by atoms with Gasteiger partial charge in [0.1, 0.15) is 6.04 Å².